The van der Waals surface area contributed by atoms with E-state index in [4.69, 9.17) is 23.8 Å². The van der Waals surface area contributed by atoms with Crippen LogP contribution in [-0.2, 0) is 30.2 Å². The van der Waals surface area contributed by atoms with Crippen LogP contribution in [-0.4, -0.2) is 77.3 Å². The van der Waals surface area contributed by atoms with Crippen LogP contribution in [0.2, 0.25) is 0 Å². The summed E-state index contributed by atoms with van der Waals surface area (Å²) < 4.78 is 25.7. The maximum Gasteiger partial charge on any atom is 0.481 e. The second-order valence-electron chi connectivity index (χ2n) is 17.7. The van der Waals surface area contributed by atoms with Gasteiger partial charge >= 0.3 is 13.2 Å². The first-order valence-corrected chi connectivity index (χ1v) is 20.9. The number of alkyl carbamates (subject to hydrolysis) is 1. The summed E-state index contributed by atoms with van der Waals surface area (Å²) in [7, 11) is -0.610. The monoisotopic (exact) mass is 786 g/mol. The van der Waals surface area contributed by atoms with Gasteiger partial charge in [-0.15, -0.1) is 0 Å². The largest absolute Gasteiger partial charge is 0.488 e. The molecule has 1 unspecified atom stereocenters. The molecule has 0 radical (unpaired) electrons. The molecular formula is C46H55BN4O7. The summed E-state index contributed by atoms with van der Waals surface area (Å²) in [5.74, 6) is 0.155. The first-order valence-electron chi connectivity index (χ1n) is 20.9. The number of ether oxygens (including phenoxy) is 2. The van der Waals surface area contributed by atoms with Crippen LogP contribution in [0.3, 0.4) is 0 Å². The standard InChI is InChI=1S/C46H55BN4O7/c1-7-40(47-57-39-23-31-22-38(45(31,4)5)46(39,6)58-47)49-42(52)36-24-32(56-37-25-35(30-18-12-9-13-19-30)48-34-21-15-14-20-33(34)37)26-51(36)43(53)41(28(2)3)50-44(54)55-27-29-16-10-8-11-17-29/h8-21,25,28,31-32,36,38-41H,7,22-24,26-27H2,1-6H3,(H,49,52)(H,50,54)/t31-,32-,36+,38-,39?,40+,41+,46+/m1/s1. The number of nitrogens with one attached hydrogen (secondary N) is 2. The molecular weight excluding hydrogens is 731 g/mol. The molecule has 3 amide bonds. The maximum absolute atomic E-state index is 14.6. The van der Waals surface area contributed by atoms with Crippen LogP contribution in [0.25, 0.3) is 22.2 Å². The first kappa shape index (κ1) is 39.9. The molecule has 2 saturated heterocycles. The number of carbonyl (C=O) groups is 3. The van der Waals surface area contributed by atoms with Crippen LogP contribution >= 0.6 is 0 Å². The van der Waals surface area contributed by atoms with Gasteiger partial charge in [-0.2, -0.15) is 0 Å². The lowest BCUT2D eigenvalue weighted by Crippen LogP contribution is -2.65. The van der Waals surface area contributed by atoms with Gasteiger partial charge in [-0.3, -0.25) is 9.59 Å². The molecule has 12 heteroatoms. The summed E-state index contributed by atoms with van der Waals surface area (Å²) in [5, 5.41) is 6.88. The van der Waals surface area contributed by atoms with E-state index in [0.29, 0.717) is 24.0 Å². The number of carbonyl (C=O) groups excluding carboxylic acids is 3. The molecule has 5 aliphatic rings. The number of aromatic nitrogens is 1. The average Bonchev–Trinajstić information content (AvgIpc) is 3.82. The molecule has 4 aromatic rings. The highest BCUT2D eigenvalue weighted by Gasteiger charge is 2.68. The second kappa shape index (κ2) is 16.0. The fourth-order valence-corrected chi connectivity index (χ4v) is 9.85. The topological polar surface area (TPSA) is 128 Å². The van der Waals surface area contributed by atoms with Gasteiger partial charge < -0.3 is 34.3 Å². The van der Waals surface area contributed by atoms with Crippen LogP contribution in [0.5, 0.6) is 5.75 Å². The summed E-state index contributed by atoms with van der Waals surface area (Å²) in [4.78, 5) is 48.8. The van der Waals surface area contributed by atoms with Gasteiger partial charge in [0.05, 0.1) is 35.4 Å². The molecule has 0 spiro atoms. The molecule has 8 atom stereocenters. The molecule has 2 N–H and O–H groups in total. The first-order chi connectivity index (χ1) is 27.8. The van der Waals surface area contributed by atoms with E-state index in [1.54, 1.807) is 4.90 Å². The number of nitrogens with zero attached hydrogens (tertiary/aromatic N) is 2. The van der Waals surface area contributed by atoms with Crippen LogP contribution in [0.4, 0.5) is 4.79 Å². The van der Waals surface area contributed by atoms with E-state index >= 15 is 0 Å². The molecule has 1 aromatic heterocycles. The number of fused-ring (bicyclic) bond motifs is 1. The minimum absolute atomic E-state index is 0.0296. The number of hydrogen-bond donors (Lipinski definition) is 2. The van der Waals surface area contributed by atoms with Crippen molar-refractivity contribution in [3.63, 3.8) is 0 Å². The number of amides is 3. The summed E-state index contributed by atoms with van der Waals surface area (Å²) in [6, 6.07) is 27.1. The normalized spacial score (nSPS) is 26.7. The molecule has 3 saturated carbocycles. The zero-order chi connectivity index (χ0) is 40.8. The number of hydrogen-bond acceptors (Lipinski definition) is 8. The Balaban J connectivity index is 1.04. The Bertz CT molecular complexity index is 2140. The summed E-state index contributed by atoms with van der Waals surface area (Å²) in [5.41, 5.74) is 3.06. The quantitative estimate of drug-likeness (QED) is 0.143. The van der Waals surface area contributed by atoms with Gasteiger partial charge in [0.25, 0.3) is 0 Å². The zero-order valence-electron chi connectivity index (χ0n) is 34.4. The predicted molar refractivity (Wildman–Crippen MR) is 222 cm³/mol. The number of likely N-dealkylation sites (tertiary alicyclic amines) is 1. The zero-order valence-corrected chi connectivity index (χ0v) is 34.4. The summed E-state index contributed by atoms with van der Waals surface area (Å²) >= 11 is 0. The Morgan fingerprint density at radius 3 is 2.34 bits per heavy atom. The maximum atomic E-state index is 14.6. The molecule has 58 heavy (non-hydrogen) atoms. The minimum atomic E-state index is -0.954. The van der Waals surface area contributed by atoms with Crippen molar-refractivity contribution in [1.29, 1.82) is 0 Å². The minimum Gasteiger partial charge on any atom is -0.488 e. The third kappa shape index (κ3) is 7.57. The fraction of sp³-hybridized carbons (Fsp3) is 0.478. The van der Waals surface area contributed by atoms with E-state index in [2.05, 4.69) is 31.4 Å². The van der Waals surface area contributed by atoms with E-state index in [1.807, 2.05) is 112 Å². The van der Waals surface area contributed by atoms with Crippen molar-refractivity contribution in [2.24, 2.45) is 23.2 Å². The van der Waals surface area contributed by atoms with E-state index in [1.165, 1.54) is 0 Å². The number of pyridine rings is 1. The molecule has 3 heterocycles. The molecule has 11 nitrogen and oxygen atoms in total. The van der Waals surface area contributed by atoms with Crippen molar-refractivity contribution >= 4 is 35.9 Å². The van der Waals surface area contributed by atoms with E-state index in [9.17, 15) is 14.4 Å². The van der Waals surface area contributed by atoms with Crippen LogP contribution in [0, 0.1) is 23.2 Å². The highest BCUT2D eigenvalue weighted by atomic mass is 16.7. The van der Waals surface area contributed by atoms with Crippen LogP contribution < -0.4 is 15.4 Å². The average molecular weight is 787 g/mol. The van der Waals surface area contributed by atoms with Crippen molar-refractivity contribution < 1.29 is 33.2 Å². The fourth-order valence-electron chi connectivity index (χ4n) is 9.85. The number of para-hydroxylation sites is 1. The number of rotatable bonds is 12. The molecule has 3 aromatic carbocycles. The van der Waals surface area contributed by atoms with Gasteiger partial charge in [0, 0.05) is 23.4 Å². The predicted octanol–water partition coefficient (Wildman–Crippen LogP) is 7.36. The Morgan fingerprint density at radius 1 is 0.931 bits per heavy atom. The van der Waals surface area contributed by atoms with E-state index < -0.39 is 42.9 Å². The molecule has 9 rings (SSSR count). The molecule has 5 fully saturated rings. The molecule has 2 bridgehead atoms. The lowest BCUT2D eigenvalue weighted by atomic mass is 9.43. The summed E-state index contributed by atoms with van der Waals surface area (Å²) in [6.45, 7) is 12.7. The molecule has 2 aliphatic heterocycles. The van der Waals surface area contributed by atoms with Crippen molar-refractivity contribution in [2.45, 2.75) is 110 Å². The van der Waals surface area contributed by atoms with Crippen molar-refractivity contribution in [3.05, 3.63) is 96.6 Å². The Kier molecular flexibility index (Phi) is 11.0. The third-order valence-electron chi connectivity index (χ3n) is 13.4. The van der Waals surface area contributed by atoms with E-state index in [-0.39, 0.29) is 48.8 Å². The second-order valence-corrected chi connectivity index (χ2v) is 17.7. The molecule has 304 valence electrons. The Morgan fingerprint density at radius 2 is 1.64 bits per heavy atom. The Labute approximate surface area is 341 Å². The van der Waals surface area contributed by atoms with Crippen molar-refractivity contribution in [3.8, 4) is 17.0 Å². The summed E-state index contributed by atoms with van der Waals surface area (Å²) in [6.07, 6.45) is 1.60. The van der Waals surface area contributed by atoms with E-state index in [0.717, 1.165) is 40.6 Å². The highest BCUT2D eigenvalue weighted by Crippen LogP contribution is 2.65. The SMILES string of the molecule is CC[C@H](NC(=O)[C@@H]1C[C@@H](Oc2cc(-c3ccccc3)nc3ccccc23)CN1C(=O)[C@@H](NC(=O)OCc1ccccc1)C(C)C)B1OC2C[C@H]3C[C@H](C3(C)C)[C@]2(C)O1. The van der Waals surface area contributed by atoms with Crippen LogP contribution in [0.15, 0.2) is 91.0 Å². The van der Waals surface area contributed by atoms with Gasteiger partial charge in [-0.1, -0.05) is 107 Å². The lowest BCUT2D eigenvalue weighted by molar-refractivity contribution is -0.199. The smallest absolute Gasteiger partial charge is 0.481 e. The van der Waals surface area contributed by atoms with Gasteiger partial charge in [-0.25, -0.2) is 9.78 Å². The van der Waals surface area contributed by atoms with Crippen LogP contribution in [0.1, 0.15) is 72.8 Å². The van der Waals surface area contributed by atoms with Gasteiger partial charge in [0.15, 0.2) is 0 Å². The van der Waals surface area contributed by atoms with Crippen molar-refractivity contribution in [2.75, 3.05) is 6.54 Å². The Hall–Kier alpha value is -4.94. The van der Waals surface area contributed by atoms with Gasteiger partial charge in [-0.05, 0) is 67.1 Å². The van der Waals surface area contributed by atoms with Gasteiger partial charge in [0.1, 0.15) is 30.5 Å². The number of benzene rings is 3. The molecule has 3 aliphatic carbocycles. The third-order valence-corrected chi connectivity index (χ3v) is 13.4. The lowest BCUT2D eigenvalue weighted by Gasteiger charge is -2.64. The highest BCUT2D eigenvalue weighted by molar-refractivity contribution is 6.47. The van der Waals surface area contributed by atoms with Crippen molar-refractivity contribution in [1.82, 2.24) is 20.5 Å². The van der Waals surface area contributed by atoms with Gasteiger partial charge in [0.2, 0.25) is 11.8 Å².